The first-order valence-corrected chi connectivity index (χ1v) is 9.79. The van der Waals surface area contributed by atoms with Crippen LogP contribution in [0.2, 0.25) is 0 Å². The fourth-order valence-electron chi connectivity index (χ4n) is 3.40. The summed E-state index contributed by atoms with van der Waals surface area (Å²) in [5.74, 6) is -1.53. The third kappa shape index (κ3) is 3.59. The normalized spacial score (nSPS) is 21.3. The number of methoxy groups -OCH3 is 1. The lowest BCUT2D eigenvalue weighted by Crippen LogP contribution is -2.45. The van der Waals surface area contributed by atoms with Gasteiger partial charge in [0.1, 0.15) is 5.75 Å². The zero-order valence-corrected chi connectivity index (χ0v) is 15.2. The number of benzene rings is 2. The van der Waals surface area contributed by atoms with E-state index < -0.39 is 21.9 Å². The van der Waals surface area contributed by atoms with Crippen molar-refractivity contribution in [1.29, 1.82) is 0 Å². The quantitative estimate of drug-likeness (QED) is 0.868. The summed E-state index contributed by atoms with van der Waals surface area (Å²) in [6, 6.07) is 15.6. The molecule has 1 fully saturated rings. The molecular weight excluding hydrogens is 354 g/mol. The molecule has 2 atom stereocenters. The van der Waals surface area contributed by atoms with Crippen molar-refractivity contribution >= 4 is 16.0 Å². The van der Waals surface area contributed by atoms with E-state index in [9.17, 15) is 18.3 Å². The second-order valence-corrected chi connectivity index (χ2v) is 8.23. The molecule has 1 aliphatic heterocycles. The number of carboxylic acid groups (broad SMARTS) is 1. The first-order chi connectivity index (χ1) is 12.4. The van der Waals surface area contributed by atoms with E-state index in [0.717, 1.165) is 5.56 Å². The van der Waals surface area contributed by atoms with Crippen molar-refractivity contribution in [3.05, 3.63) is 60.2 Å². The van der Waals surface area contributed by atoms with Gasteiger partial charge in [-0.2, -0.15) is 4.31 Å². The Balaban J connectivity index is 1.88. The molecule has 1 N–H and O–H groups in total. The fourth-order valence-corrected chi connectivity index (χ4v) is 4.92. The van der Waals surface area contributed by atoms with Gasteiger partial charge in [-0.15, -0.1) is 0 Å². The second kappa shape index (κ2) is 7.47. The monoisotopic (exact) mass is 375 g/mol. The third-order valence-corrected chi connectivity index (χ3v) is 6.66. The molecule has 3 rings (SSSR count). The minimum absolute atomic E-state index is 0.0472. The van der Waals surface area contributed by atoms with Gasteiger partial charge in [-0.05, 0) is 30.0 Å². The molecule has 26 heavy (non-hydrogen) atoms. The van der Waals surface area contributed by atoms with Crippen molar-refractivity contribution in [2.45, 2.75) is 17.2 Å². The Hall–Kier alpha value is -2.38. The number of rotatable bonds is 5. The maximum absolute atomic E-state index is 12.9. The molecule has 0 radical (unpaired) electrons. The zero-order valence-electron chi connectivity index (χ0n) is 14.4. The van der Waals surface area contributed by atoms with Gasteiger partial charge in [0, 0.05) is 19.2 Å². The lowest BCUT2D eigenvalue weighted by Gasteiger charge is -2.36. The van der Waals surface area contributed by atoms with Gasteiger partial charge in [0.05, 0.1) is 17.9 Å². The number of carbonyl (C=O) groups is 1. The molecule has 0 spiro atoms. The molecule has 7 heteroatoms. The topological polar surface area (TPSA) is 83.9 Å². The van der Waals surface area contributed by atoms with E-state index in [0.29, 0.717) is 12.2 Å². The van der Waals surface area contributed by atoms with Crippen LogP contribution in [-0.4, -0.2) is 44.0 Å². The number of piperidine rings is 1. The molecule has 0 amide bonds. The zero-order chi connectivity index (χ0) is 18.7. The summed E-state index contributed by atoms with van der Waals surface area (Å²) in [6.45, 7) is 0.233. The van der Waals surface area contributed by atoms with E-state index in [1.807, 2.05) is 30.3 Å². The van der Waals surface area contributed by atoms with Crippen molar-refractivity contribution in [2.75, 3.05) is 20.2 Å². The summed E-state index contributed by atoms with van der Waals surface area (Å²) in [6.07, 6.45) is 0.462. The molecule has 0 aromatic heterocycles. The van der Waals surface area contributed by atoms with Gasteiger partial charge in [0.25, 0.3) is 0 Å². The second-order valence-electron chi connectivity index (χ2n) is 6.29. The molecule has 6 nitrogen and oxygen atoms in total. The average molecular weight is 375 g/mol. The molecular formula is C19H21NO5S. The maximum Gasteiger partial charge on any atom is 0.308 e. The summed E-state index contributed by atoms with van der Waals surface area (Å²) >= 11 is 0. The smallest absolute Gasteiger partial charge is 0.308 e. The van der Waals surface area contributed by atoms with Crippen LogP contribution in [0, 0.1) is 5.92 Å². The van der Waals surface area contributed by atoms with Gasteiger partial charge < -0.3 is 9.84 Å². The average Bonchev–Trinajstić information content (AvgIpc) is 2.68. The van der Waals surface area contributed by atoms with Gasteiger partial charge in [-0.25, -0.2) is 8.42 Å². The van der Waals surface area contributed by atoms with E-state index in [1.165, 1.54) is 23.5 Å². The molecule has 0 bridgehead atoms. The molecule has 0 unspecified atom stereocenters. The summed E-state index contributed by atoms with van der Waals surface area (Å²) in [4.78, 5) is 11.9. The van der Waals surface area contributed by atoms with Crippen LogP contribution in [0.25, 0.3) is 0 Å². The Bertz CT molecular complexity index is 882. The minimum Gasteiger partial charge on any atom is -0.497 e. The van der Waals surface area contributed by atoms with E-state index in [2.05, 4.69) is 0 Å². The molecule has 1 heterocycles. The lowest BCUT2D eigenvalue weighted by molar-refractivity contribution is -0.143. The summed E-state index contributed by atoms with van der Waals surface area (Å²) in [7, 11) is -2.31. The highest BCUT2D eigenvalue weighted by molar-refractivity contribution is 7.89. The molecule has 0 saturated carbocycles. The van der Waals surface area contributed by atoms with Crippen molar-refractivity contribution in [2.24, 2.45) is 5.92 Å². The summed E-state index contributed by atoms with van der Waals surface area (Å²) < 4.78 is 32.2. The van der Waals surface area contributed by atoms with Crippen molar-refractivity contribution in [3.8, 4) is 5.75 Å². The van der Waals surface area contributed by atoms with Crippen LogP contribution in [0.1, 0.15) is 17.9 Å². The minimum atomic E-state index is -3.78. The Morgan fingerprint density at radius 3 is 2.54 bits per heavy atom. The SMILES string of the molecule is COc1cccc(S(=O)(=O)N2CC[C@@H](c3ccccc3)[C@@H](C(=O)O)C2)c1. The predicted octanol–water partition coefficient (Wildman–Crippen LogP) is 2.57. The highest BCUT2D eigenvalue weighted by Gasteiger charge is 2.39. The highest BCUT2D eigenvalue weighted by Crippen LogP contribution is 2.35. The molecule has 2 aromatic carbocycles. The fraction of sp³-hybridized carbons (Fsp3) is 0.316. The lowest BCUT2D eigenvalue weighted by atomic mass is 9.81. The van der Waals surface area contributed by atoms with Gasteiger partial charge in [-0.1, -0.05) is 36.4 Å². The Labute approximate surface area is 153 Å². The van der Waals surface area contributed by atoms with Gasteiger partial charge >= 0.3 is 5.97 Å². The molecule has 1 aliphatic rings. The third-order valence-electron chi connectivity index (χ3n) is 4.80. The predicted molar refractivity (Wildman–Crippen MR) is 96.7 cm³/mol. The Kier molecular flexibility index (Phi) is 5.29. The van der Waals surface area contributed by atoms with Crippen LogP contribution in [0.15, 0.2) is 59.5 Å². The highest BCUT2D eigenvalue weighted by atomic mass is 32.2. The van der Waals surface area contributed by atoms with Crippen LogP contribution in [0.5, 0.6) is 5.75 Å². The number of sulfonamides is 1. The summed E-state index contributed by atoms with van der Waals surface area (Å²) in [5, 5.41) is 9.66. The van der Waals surface area contributed by atoms with E-state index in [1.54, 1.807) is 12.1 Å². The molecule has 138 valence electrons. The Morgan fingerprint density at radius 1 is 1.15 bits per heavy atom. The molecule has 1 saturated heterocycles. The van der Waals surface area contributed by atoms with Gasteiger partial charge in [-0.3, -0.25) is 4.79 Å². The number of nitrogens with zero attached hydrogens (tertiary/aromatic N) is 1. The van der Waals surface area contributed by atoms with E-state index in [4.69, 9.17) is 4.74 Å². The number of carboxylic acids is 1. The van der Waals surface area contributed by atoms with E-state index >= 15 is 0 Å². The summed E-state index contributed by atoms with van der Waals surface area (Å²) in [5.41, 5.74) is 0.929. The first-order valence-electron chi connectivity index (χ1n) is 8.35. The number of hydrogen-bond donors (Lipinski definition) is 1. The van der Waals surface area contributed by atoms with Crippen molar-refractivity contribution in [1.82, 2.24) is 4.31 Å². The van der Waals surface area contributed by atoms with Crippen LogP contribution >= 0.6 is 0 Å². The number of hydrogen-bond acceptors (Lipinski definition) is 4. The van der Waals surface area contributed by atoms with Crippen LogP contribution in [0.3, 0.4) is 0 Å². The van der Waals surface area contributed by atoms with Crippen molar-refractivity contribution in [3.63, 3.8) is 0 Å². The first kappa shape index (κ1) is 18.4. The standard InChI is InChI=1S/C19H21NO5S/c1-25-15-8-5-9-16(12-15)26(23,24)20-11-10-17(18(13-20)19(21)22)14-6-3-2-4-7-14/h2-9,12,17-18H,10-11,13H2,1H3,(H,21,22)/t17-,18-/m0/s1. The largest absolute Gasteiger partial charge is 0.497 e. The van der Waals surface area contributed by atoms with Crippen LogP contribution < -0.4 is 4.74 Å². The van der Waals surface area contributed by atoms with Crippen LogP contribution in [0.4, 0.5) is 0 Å². The number of aliphatic carboxylic acids is 1. The van der Waals surface area contributed by atoms with Crippen LogP contribution in [-0.2, 0) is 14.8 Å². The van der Waals surface area contributed by atoms with Gasteiger partial charge in [0.2, 0.25) is 10.0 Å². The maximum atomic E-state index is 12.9. The van der Waals surface area contributed by atoms with Gasteiger partial charge in [0.15, 0.2) is 0 Å². The molecule has 2 aromatic rings. The Morgan fingerprint density at radius 2 is 1.88 bits per heavy atom. The van der Waals surface area contributed by atoms with Crippen molar-refractivity contribution < 1.29 is 23.1 Å². The number of ether oxygens (including phenoxy) is 1. The molecule has 0 aliphatic carbocycles. The van der Waals surface area contributed by atoms with E-state index in [-0.39, 0.29) is 23.9 Å².